The molecule has 6 N–H and O–H groups in total. The Hall–Kier alpha value is -3.32. The first kappa shape index (κ1) is 32.7. The molecule has 0 aromatic carbocycles. The fourth-order valence-corrected chi connectivity index (χ4v) is 3.57. The Kier molecular flexibility index (Phi) is 16.2. The Balaban J connectivity index is 2.56. The van der Waals surface area contributed by atoms with Crippen LogP contribution in [0.4, 0.5) is 0 Å². The van der Waals surface area contributed by atoms with Crippen LogP contribution >= 0.6 is 0 Å². The van der Waals surface area contributed by atoms with E-state index in [4.69, 9.17) is 10.5 Å². The van der Waals surface area contributed by atoms with Crippen LogP contribution in [-0.2, 0) is 33.5 Å². The molecule has 0 spiro atoms. The van der Waals surface area contributed by atoms with E-state index >= 15 is 0 Å². The molecule has 38 heavy (non-hydrogen) atoms. The Labute approximate surface area is 223 Å². The molecule has 0 aromatic rings. The second kappa shape index (κ2) is 18.9. The molecule has 0 saturated heterocycles. The first-order valence-corrected chi connectivity index (χ1v) is 13.1. The number of hydrogen-bond donors (Lipinski definition) is 5. The van der Waals surface area contributed by atoms with Crippen molar-refractivity contribution < 1.29 is 33.5 Å². The van der Waals surface area contributed by atoms with Crippen molar-refractivity contribution >= 4 is 35.4 Å². The van der Waals surface area contributed by atoms with Gasteiger partial charge in [-0.3, -0.25) is 33.7 Å². The molecule has 13 nitrogen and oxygen atoms in total. The maximum atomic E-state index is 12.8. The second-order valence-corrected chi connectivity index (χ2v) is 8.91. The van der Waals surface area contributed by atoms with Crippen molar-refractivity contribution in [2.45, 2.75) is 70.9 Å². The third-order valence-corrected chi connectivity index (χ3v) is 5.65. The number of amides is 6. The molecule has 6 amide bonds. The molecule has 1 heterocycles. The van der Waals surface area contributed by atoms with Gasteiger partial charge in [0.1, 0.15) is 6.04 Å². The predicted molar refractivity (Wildman–Crippen MR) is 139 cm³/mol. The molecule has 0 aromatic heterocycles. The minimum atomic E-state index is -0.963. The van der Waals surface area contributed by atoms with Crippen molar-refractivity contribution in [1.82, 2.24) is 26.2 Å². The van der Waals surface area contributed by atoms with Gasteiger partial charge in [0.2, 0.25) is 23.6 Å². The van der Waals surface area contributed by atoms with Crippen molar-refractivity contribution in [3.63, 3.8) is 0 Å². The zero-order chi connectivity index (χ0) is 28.3. The van der Waals surface area contributed by atoms with Crippen molar-refractivity contribution in [3.05, 3.63) is 12.2 Å². The van der Waals surface area contributed by atoms with Gasteiger partial charge in [0, 0.05) is 76.8 Å². The van der Waals surface area contributed by atoms with Crippen LogP contribution in [0, 0.1) is 0 Å². The van der Waals surface area contributed by atoms with Gasteiger partial charge in [-0.2, -0.15) is 0 Å². The third-order valence-electron chi connectivity index (χ3n) is 5.65. The molecular weight excluding hydrogens is 496 g/mol. The van der Waals surface area contributed by atoms with Crippen molar-refractivity contribution in [2.24, 2.45) is 5.73 Å². The highest BCUT2D eigenvalue weighted by Crippen LogP contribution is 2.07. The molecule has 2 atom stereocenters. The normalized spacial score (nSPS) is 14.2. The van der Waals surface area contributed by atoms with Crippen LogP contribution in [0.3, 0.4) is 0 Å². The van der Waals surface area contributed by atoms with Crippen molar-refractivity contribution in [3.8, 4) is 0 Å². The molecule has 1 aliphatic heterocycles. The van der Waals surface area contributed by atoms with E-state index in [0.717, 1.165) is 4.90 Å². The number of nitrogens with zero attached hydrogens (tertiary/aromatic N) is 1. The average Bonchev–Trinajstić information content (AvgIpc) is 3.20. The van der Waals surface area contributed by atoms with Gasteiger partial charge < -0.3 is 31.7 Å². The predicted octanol–water partition coefficient (Wildman–Crippen LogP) is -1.14. The first-order valence-electron chi connectivity index (χ1n) is 13.1. The highest BCUT2D eigenvalue weighted by Gasteiger charge is 2.24. The lowest BCUT2D eigenvalue weighted by Gasteiger charge is -2.20. The van der Waals surface area contributed by atoms with Gasteiger partial charge in [-0.25, -0.2) is 0 Å². The largest absolute Gasteiger partial charge is 0.382 e. The number of rotatable bonds is 20. The number of carbonyl (C=O) groups is 6. The Morgan fingerprint density at radius 3 is 2.21 bits per heavy atom. The number of nitrogens with two attached hydrogens (primary N) is 1. The molecule has 0 fully saturated rings. The summed E-state index contributed by atoms with van der Waals surface area (Å²) < 4.78 is 5.29. The smallest absolute Gasteiger partial charge is 0.253 e. The minimum Gasteiger partial charge on any atom is -0.382 e. The molecule has 0 saturated carbocycles. The topological polar surface area (TPSA) is 189 Å². The van der Waals surface area contributed by atoms with Crippen LogP contribution in [-0.4, -0.2) is 91.8 Å². The van der Waals surface area contributed by atoms with Crippen molar-refractivity contribution in [2.75, 3.05) is 39.4 Å². The zero-order valence-corrected chi connectivity index (χ0v) is 22.4. The summed E-state index contributed by atoms with van der Waals surface area (Å²) in [6.45, 7) is 5.88. The summed E-state index contributed by atoms with van der Waals surface area (Å²) in [5.74, 6) is -2.18. The standard InChI is InChI=1S/C25H42N6O7/c1-3-38-17-12-18(2)29-22(34)9-8-19(25(37)28-14-4-6-20(32)27-15-13-26)30-21(33)7-5-16-31-23(35)10-11-24(31)36/h10-11,18-19H,3-9,12-17,26H2,1-2H3,(H,27,32)(H,28,37)(H,29,34)(H,30,33)/t18?,19-/m0/s1. The molecule has 0 aliphatic carbocycles. The molecule has 214 valence electrons. The van der Waals surface area contributed by atoms with Crippen LogP contribution in [0.15, 0.2) is 12.2 Å². The summed E-state index contributed by atoms with van der Waals surface area (Å²) in [6.07, 6.45) is 3.91. The highest BCUT2D eigenvalue weighted by molar-refractivity contribution is 6.12. The van der Waals surface area contributed by atoms with Crippen LogP contribution in [0.1, 0.15) is 58.8 Å². The number of imide groups is 1. The second-order valence-electron chi connectivity index (χ2n) is 8.91. The van der Waals surface area contributed by atoms with Crippen molar-refractivity contribution in [1.29, 1.82) is 0 Å². The Bertz CT molecular complexity index is 830. The van der Waals surface area contributed by atoms with Crippen LogP contribution in [0.5, 0.6) is 0 Å². The summed E-state index contributed by atoms with van der Waals surface area (Å²) in [5, 5.41) is 10.8. The summed E-state index contributed by atoms with van der Waals surface area (Å²) in [6, 6.07) is -1.07. The van der Waals surface area contributed by atoms with Gasteiger partial charge in [-0.15, -0.1) is 0 Å². The highest BCUT2D eigenvalue weighted by atomic mass is 16.5. The molecule has 0 bridgehead atoms. The van der Waals surface area contributed by atoms with E-state index in [1.807, 2.05) is 13.8 Å². The molecule has 1 rings (SSSR count). The fourth-order valence-electron chi connectivity index (χ4n) is 3.57. The number of nitrogens with one attached hydrogen (secondary N) is 4. The Morgan fingerprint density at radius 1 is 0.895 bits per heavy atom. The van der Waals surface area contributed by atoms with Crippen LogP contribution in [0.2, 0.25) is 0 Å². The summed E-state index contributed by atoms with van der Waals surface area (Å²) in [4.78, 5) is 73.6. The summed E-state index contributed by atoms with van der Waals surface area (Å²) in [7, 11) is 0. The maximum absolute atomic E-state index is 12.8. The summed E-state index contributed by atoms with van der Waals surface area (Å²) in [5.41, 5.74) is 5.35. The molecule has 1 aliphatic rings. The van der Waals surface area contributed by atoms with Gasteiger partial charge >= 0.3 is 0 Å². The van der Waals surface area contributed by atoms with Gasteiger partial charge in [0.25, 0.3) is 11.8 Å². The first-order chi connectivity index (χ1) is 18.2. The van der Waals surface area contributed by atoms with Crippen LogP contribution in [0.25, 0.3) is 0 Å². The van der Waals surface area contributed by atoms with Gasteiger partial charge in [0.15, 0.2) is 0 Å². The van der Waals surface area contributed by atoms with Gasteiger partial charge in [-0.05, 0) is 39.5 Å². The molecule has 0 radical (unpaired) electrons. The zero-order valence-electron chi connectivity index (χ0n) is 22.4. The molecule has 1 unspecified atom stereocenters. The lowest BCUT2D eigenvalue weighted by Crippen LogP contribution is -2.48. The number of ether oxygens (including phenoxy) is 1. The van der Waals surface area contributed by atoms with Gasteiger partial charge in [-0.1, -0.05) is 0 Å². The van der Waals surface area contributed by atoms with Gasteiger partial charge in [0.05, 0.1) is 0 Å². The SMILES string of the molecule is CCOCCC(C)NC(=O)CC[C@H](NC(=O)CCCN1C(=O)C=CC1=O)C(=O)NCCCC(=O)NCCN. The van der Waals surface area contributed by atoms with E-state index in [0.29, 0.717) is 39.1 Å². The molecule has 13 heteroatoms. The lowest BCUT2D eigenvalue weighted by atomic mass is 10.1. The quantitative estimate of drug-likeness (QED) is 0.0949. The monoisotopic (exact) mass is 538 g/mol. The van der Waals surface area contributed by atoms with E-state index in [9.17, 15) is 28.8 Å². The maximum Gasteiger partial charge on any atom is 0.253 e. The fraction of sp³-hybridized carbons (Fsp3) is 0.680. The van der Waals surface area contributed by atoms with E-state index in [1.54, 1.807) is 0 Å². The van der Waals surface area contributed by atoms with E-state index in [2.05, 4.69) is 21.3 Å². The third kappa shape index (κ3) is 13.8. The molecular formula is C25H42N6O7. The summed E-state index contributed by atoms with van der Waals surface area (Å²) >= 11 is 0. The van der Waals surface area contributed by atoms with E-state index in [-0.39, 0.29) is 63.0 Å². The van der Waals surface area contributed by atoms with E-state index < -0.39 is 29.7 Å². The minimum absolute atomic E-state index is 0.0111. The van der Waals surface area contributed by atoms with Crippen LogP contribution < -0.4 is 27.0 Å². The average molecular weight is 539 g/mol. The lowest BCUT2D eigenvalue weighted by molar-refractivity contribution is -0.137. The number of hydrogen-bond acceptors (Lipinski definition) is 8. The number of carbonyl (C=O) groups excluding carboxylic acids is 6. The Morgan fingerprint density at radius 2 is 1.55 bits per heavy atom. The van der Waals surface area contributed by atoms with E-state index in [1.165, 1.54) is 12.2 Å².